The molecule has 8 nitrogen and oxygen atoms in total. The van der Waals surface area contributed by atoms with Crippen molar-refractivity contribution in [3.8, 4) is 0 Å². The number of ketones is 3. The average Bonchev–Trinajstić information content (AvgIpc) is 3.24. The van der Waals surface area contributed by atoms with E-state index in [1.165, 1.54) is 11.3 Å². The summed E-state index contributed by atoms with van der Waals surface area (Å²) < 4.78 is 0.0480. The second-order valence-electron chi connectivity index (χ2n) is 10.7. The van der Waals surface area contributed by atoms with Crippen molar-refractivity contribution in [3.05, 3.63) is 35.9 Å². The summed E-state index contributed by atoms with van der Waals surface area (Å²) in [4.78, 5) is 68.1. The van der Waals surface area contributed by atoms with Crippen LogP contribution in [0.3, 0.4) is 0 Å². The maximum atomic E-state index is 13.3. The standard InChI is InChI=1S/C29H41N3O5S2/c1-5-10-21(17-24(34)22-18-29(19-32(22)4)38-15-9-16-39-29)27(36)23(33)13-14-25(35)30-26(28(37)31(2)3)20-11-7-6-8-12-20/h6-8,11-12,21-22,26H,5,9-10,13-19H2,1-4H3,(H,30,35)/t21?,22?,26-/m0/s1. The summed E-state index contributed by atoms with van der Waals surface area (Å²) in [6.07, 6.45) is 2.69. The second-order valence-corrected chi connectivity index (χ2v) is 13.9. The van der Waals surface area contributed by atoms with Gasteiger partial charge in [-0.2, -0.15) is 0 Å². The van der Waals surface area contributed by atoms with E-state index in [0.29, 0.717) is 18.4 Å². The summed E-state index contributed by atoms with van der Waals surface area (Å²) in [7, 11) is 5.19. The maximum absolute atomic E-state index is 13.3. The van der Waals surface area contributed by atoms with E-state index in [9.17, 15) is 24.0 Å². The minimum absolute atomic E-state index is 0.0198. The van der Waals surface area contributed by atoms with Gasteiger partial charge in [-0.05, 0) is 43.4 Å². The van der Waals surface area contributed by atoms with E-state index in [0.717, 1.165) is 24.5 Å². The summed E-state index contributed by atoms with van der Waals surface area (Å²) in [6, 6.07) is 7.78. The molecule has 0 saturated carbocycles. The van der Waals surface area contributed by atoms with Crippen molar-refractivity contribution < 1.29 is 24.0 Å². The van der Waals surface area contributed by atoms with Crippen LogP contribution >= 0.6 is 23.5 Å². The Balaban J connectivity index is 1.56. The number of likely N-dealkylation sites (N-methyl/N-ethyl adjacent to an activating group) is 2. The Morgan fingerprint density at radius 3 is 2.36 bits per heavy atom. The molecular weight excluding hydrogens is 534 g/mol. The van der Waals surface area contributed by atoms with Crippen LogP contribution in [-0.4, -0.2) is 88.3 Å². The molecule has 39 heavy (non-hydrogen) atoms. The molecule has 0 aliphatic carbocycles. The van der Waals surface area contributed by atoms with Crippen LogP contribution in [0.1, 0.15) is 63.5 Å². The molecule has 0 aromatic heterocycles. The number of nitrogens with zero attached hydrogens (tertiary/aromatic N) is 2. The van der Waals surface area contributed by atoms with E-state index in [2.05, 4.69) is 10.2 Å². The fourth-order valence-electron chi connectivity index (χ4n) is 5.25. The van der Waals surface area contributed by atoms with Crippen LogP contribution in [0.25, 0.3) is 0 Å². The SMILES string of the molecule is CCCC(CC(=O)C1CC2(CN1C)SCCCS2)C(=O)C(=O)CCC(=O)N[C@H](C(=O)N(C)C)c1ccccc1. The van der Waals surface area contributed by atoms with Gasteiger partial charge in [-0.25, -0.2) is 0 Å². The molecule has 2 aliphatic rings. The van der Waals surface area contributed by atoms with Gasteiger partial charge in [0, 0.05) is 45.8 Å². The monoisotopic (exact) mass is 575 g/mol. The topological polar surface area (TPSA) is 104 Å². The summed E-state index contributed by atoms with van der Waals surface area (Å²) in [5, 5.41) is 2.71. The number of thioether (sulfide) groups is 2. The summed E-state index contributed by atoms with van der Waals surface area (Å²) in [5.41, 5.74) is 0.636. The van der Waals surface area contributed by atoms with E-state index in [1.54, 1.807) is 38.4 Å². The third-order valence-electron chi connectivity index (χ3n) is 7.35. The largest absolute Gasteiger partial charge is 0.347 e. The van der Waals surface area contributed by atoms with Crippen LogP contribution in [0.5, 0.6) is 0 Å². The molecule has 2 fully saturated rings. The van der Waals surface area contributed by atoms with Crippen molar-refractivity contribution in [2.75, 3.05) is 39.2 Å². The third kappa shape index (κ3) is 8.41. The van der Waals surface area contributed by atoms with E-state index in [-0.39, 0.29) is 41.1 Å². The Hall–Kier alpha value is -2.17. The Bertz CT molecular complexity index is 1040. The molecule has 10 heteroatoms. The highest BCUT2D eigenvalue weighted by Gasteiger charge is 2.47. The summed E-state index contributed by atoms with van der Waals surface area (Å²) >= 11 is 3.88. The molecule has 2 heterocycles. The van der Waals surface area contributed by atoms with Gasteiger partial charge in [0.2, 0.25) is 17.6 Å². The molecular formula is C29H41N3O5S2. The van der Waals surface area contributed by atoms with E-state index >= 15 is 0 Å². The van der Waals surface area contributed by atoms with Crippen molar-refractivity contribution in [2.24, 2.45) is 5.92 Å². The van der Waals surface area contributed by atoms with E-state index in [1.807, 2.05) is 43.6 Å². The maximum Gasteiger partial charge on any atom is 0.249 e. The van der Waals surface area contributed by atoms with Gasteiger partial charge in [0.25, 0.3) is 0 Å². The molecule has 2 unspecified atom stereocenters. The smallest absolute Gasteiger partial charge is 0.249 e. The molecule has 1 aromatic carbocycles. The predicted molar refractivity (Wildman–Crippen MR) is 157 cm³/mol. The van der Waals surface area contributed by atoms with Crippen LogP contribution < -0.4 is 5.32 Å². The number of hydrogen-bond donors (Lipinski definition) is 1. The van der Waals surface area contributed by atoms with Gasteiger partial charge in [-0.15, -0.1) is 23.5 Å². The third-order valence-corrected chi connectivity index (χ3v) is 10.7. The van der Waals surface area contributed by atoms with Gasteiger partial charge in [0.1, 0.15) is 6.04 Å². The number of benzene rings is 1. The summed E-state index contributed by atoms with van der Waals surface area (Å²) in [6.45, 7) is 2.78. The molecule has 214 valence electrons. The number of hydrogen-bond acceptors (Lipinski definition) is 8. The highest BCUT2D eigenvalue weighted by Crippen LogP contribution is 2.50. The van der Waals surface area contributed by atoms with E-state index in [4.69, 9.17) is 0 Å². The van der Waals surface area contributed by atoms with Crippen molar-refractivity contribution in [3.63, 3.8) is 0 Å². The van der Waals surface area contributed by atoms with Crippen molar-refractivity contribution in [1.29, 1.82) is 0 Å². The fraction of sp³-hybridized carbons (Fsp3) is 0.621. The highest BCUT2D eigenvalue weighted by atomic mass is 32.2. The molecule has 1 spiro atoms. The quantitative estimate of drug-likeness (QED) is 0.357. The van der Waals surface area contributed by atoms with Crippen molar-refractivity contribution in [1.82, 2.24) is 15.1 Å². The number of rotatable bonds is 13. The van der Waals surface area contributed by atoms with Crippen LogP contribution in [0.4, 0.5) is 0 Å². The van der Waals surface area contributed by atoms with E-state index < -0.39 is 29.4 Å². The summed E-state index contributed by atoms with van der Waals surface area (Å²) in [5.74, 6) is -0.411. The zero-order chi connectivity index (χ0) is 28.6. The molecule has 3 atom stereocenters. The first-order valence-electron chi connectivity index (χ1n) is 13.7. The van der Waals surface area contributed by atoms with Gasteiger partial charge in [-0.3, -0.25) is 28.9 Å². The number of amides is 2. The molecule has 0 bridgehead atoms. The average molecular weight is 576 g/mol. The minimum atomic E-state index is -0.878. The lowest BCUT2D eigenvalue weighted by Gasteiger charge is -2.31. The van der Waals surface area contributed by atoms with Crippen molar-refractivity contribution in [2.45, 2.75) is 68.0 Å². The number of Topliss-reactive ketones (excluding diaryl/α,β-unsaturated/α-hetero) is 3. The number of likely N-dealkylation sites (tertiary alicyclic amines) is 1. The Kier molecular flexibility index (Phi) is 11.6. The lowest BCUT2D eigenvalue weighted by molar-refractivity contribution is -0.141. The van der Waals surface area contributed by atoms with Gasteiger partial charge >= 0.3 is 0 Å². The first kappa shape index (κ1) is 31.4. The van der Waals surface area contributed by atoms with Crippen molar-refractivity contribution >= 4 is 52.7 Å². The molecule has 0 radical (unpaired) electrons. The highest BCUT2D eigenvalue weighted by molar-refractivity contribution is 8.18. The zero-order valence-corrected chi connectivity index (χ0v) is 25.1. The zero-order valence-electron chi connectivity index (χ0n) is 23.4. The second kappa shape index (κ2) is 14.5. The lowest BCUT2D eigenvalue weighted by atomic mass is 9.87. The van der Waals surface area contributed by atoms with Crippen LogP contribution in [0.2, 0.25) is 0 Å². The molecule has 3 rings (SSSR count). The Morgan fingerprint density at radius 2 is 1.74 bits per heavy atom. The minimum Gasteiger partial charge on any atom is -0.347 e. The number of carbonyl (C=O) groups is 5. The molecule has 2 aliphatic heterocycles. The number of nitrogens with one attached hydrogen (secondary N) is 1. The fourth-order valence-corrected chi connectivity index (χ4v) is 8.73. The molecule has 1 aromatic rings. The van der Waals surface area contributed by atoms with Gasteiger partial charge in [-0.1, -0.05) is 43.7 Å². The van der Waals surface area contributed by atoms with Crippen LogP contribution in [0, 0.1) is 5.92 Å². The first-order valence-corrected chi connectivity index (χ1v) is 15.7. The van der Waals surface area contributed by atoms with Crippen LogP contribution in [0.15, 0.2) is 30.3 Å². The van der Waals surface area contributed by atoms with Gasteiger partial charge in [0.05, 0.1) is 10.1 Å². The Morgan fingerprint density at radius 1 is 1.08 bits per heavy atom. The molecule has 2 saturated heterocycles. The Labute approximate surface area is 240 Å². The van der Waals surface area contributed by atoms with Gasteiger partial charge in [0.15, 0.2) is 11.6 Å². The molecule has 2 amide bonds. The number of carbonyl (C=O) groups excluding carboxylic acids is 5. The predicted octanol–water partition coefficient (Wildman–Crippen LogP) is 3.50. The first-order chi connectivity index (χ1) is 18.6. The molecule has 1 N–H and O–H groups in total. The lowest BCUT2D eigenvalue weighted by Crippen LogP contribution is -2.40. The normalized spacial score (nSPS) is 20.3. The van der Waals surface area contributed by atoms with Crippen LogP contribution in [-0.2, 0) is 24.0 Å². The van der Waals surface area contributed by atoms with Gasteiger partial charge < -0.3 is 10.2 Å².